The molecule has 2 aliphatic rings. The second-order valence-electron chi connectivity index (χ2n) is 7.71. The summed E-state index contributed by atoms with van der Waals surface area (Å²) in [6, 6.07) is 7.00. The van der Waals surface area contributed by atoms with Gasteiger partial charge in [0.1, 0.15) is 29.5 Å². The maximum atomic E-state index is 13.5. The summed E-state index contributed by atoms with van der Waals surface area (Å²) in [6.07, 6.45) is 7.67. The first-order valence-corrected chi connectivity index (χ1v) is 9.91. The molecule has 3 aromatic rings. The number of aromatic hydroxyl groups is 1. The van der Waals surface area contributed by atoms with Gasteiger partial charge in [0.25, 0.3) is 0 Å². The molecule has 6 nitrogen and oxygen atoms in total. The maximum absolute atomic E-state index is 13.5. The van der Waals surface area contributed by atoms with Crippen LogP contribution in [0.2, 0.25) is 0 Å². The monoisotopic (exact) mass is 410 g/mol. The number of halogens is 2. The first-order valence-electron chi connectivity index (χ1n) is 9.91. The van der Waals surface area contributed by atoms with E-state index in [2.05, 4.69) is 15.2 Å². The number of hydrogen-bond acceptors (Lipinski definition) is 5. The molecular formula is C22H20F2N4O2. The fourth-order valence-electron chi connectivity index (χ4n) is 4.15. The Morgan fingerprint density at radius 2 is 1.97 bits per heavy atom. The van der Waals surface area contributed by atoms with Crippen molar-refractivity contribution in [3.63, 3.8) is 0 Å². The van der Waals surface area contributed by atoms with Crippen molar-refractivity contribution in [1.29, 1.82) is 0 Å². The van der Waals surface area contributed by atoms with Crippen LogP contribution in [0.3, 0.4) is 0 Å². The number of fused-ring (bicyclic) bond motifs is 1. The van der Waals surface area contributed by atoms with Gasteiger partial charge in [0.05, 0.1) is 12.0 Å². The Balaban J connectivity index is 1.43. The maximum Gasteiger partial charge on any atom is 0.248 e. The molecule has 3 heterocycles. The molecule has 5 rings (SSSR count). The first-order chi connectivity index (χ1) is 14.5. The zero-order valence-corrected chi connectivity index (χ0v) is 16.1. The summed E-state index contributed by atoms with van der Waals surface area (Å²) in [5.41, 5.74) is 3.33. The Hall–Kier alpha value is -3.29. The van der Waals surface area contributed by atoms with Crippen LogP contribution in [0.15, 0.2) is 49.1 Å². The highest BCUT2D eigenvalue weighted by Gasteiger charge is 2.37. The number of imidazole rings is 1. The molecule has 154 valence electrons. The molecule has 0 spiro atoms. The summed E-state index contributed by atoms with van der Waals surface area (Å²) in [5.74, 6) is -1.90. The highest BCUT2D eigenvalue weighted by Crippen LogP contribution is 2.44. The molecule has 2 aromatic heterocycles. The SMILES string of the molecule is Oc1cc(-n2ccnc2)ccc1-c1cc2c(nn1)C(C1CCC(F)(F)CC1)=CCO2. The molecule has 0 radical (unpaired) electrons. The normalized spacial score (nSPS) is 18.4. The Kier molecular flexibility index (Phi) is 4.49. The molecule has 1 aliphatic heterocycles. The van der Waals surface area contributed by atoms with E-state index < -0.39 is 5.92 Å². The number of phenols is 1. The molecule has 1 fully saturated rings. The van der Waals surface area contributed by atoms with Gasteiger partial charge in [0, 0.05) is 42.9 Å². The zero-order chi connectivity index (χ0) is 20.7. The molecule has 0 atom stereocenters. The van der Waals surface area contributed by atoms with E-state index in [-0.39, 0.29) is 24.5 Å². The fraction of sp³-hybridized carbons (Fsp3) is 0.318. The molecule has 0 unspecified atom stereocenters. The van der Waals surface area contributed by atoms with Crippen molar-refractivity contribution in [2.75, 3.05) is 6.61 Å². The molecular weight excluding hydrogens is 390 g/mol. The second-order valence-corrected chi connectivity index (χ2v) is 7.71. The number of rotatable bonds is 3. The van der Waals surface area contributed by atoms with Gasteiger partial charge in [-0.1, -0.05) is 0 Å². The van der Waals surface area contributed by atoms with Crippen LogP contribution in [0.1, 0.15) is 31.4 Å². The van der Waals surface area contributed by atoms with Crippen LogP contribution in [0.4, 0.5) is 8.78 Å². The number of allylic oxidation sites excluding steroid dienone is 1. The van der Waals surface area contributed by atoms with Gasteiger partial charge < -0.3 is 14.4 Å². The number of aromatic nitrogens is 4. The summed E-state index contributed by atoms with van der Waals surface area (Å²) < 4.78 is 34.6. The van der Waals surface area contributed by atoms with Crippen molar-refractivity contribution >= 4 is 5.57 Å². The minimum Gasteiger partial charge on any atom is -0.507 e. The minimum atomic E-state index is -2.57. The molecule has 30 heavy (non-hydrogen) atoms. The van der Waals surface area contributed by atoms with Crippen LogP contribution >= 0.6 is 0 Å². The Morgan fingerprint density at radius 3 is 2.70 bits per heavy atom. The standard InChI is InChI=1S/C22H20F2N4O2/c23-22(24)6-3-14(4-7-22)16-5-10-30-20-12-18(26-27-21(16)20)17-2-1-15(11-19(17)29)28-9-8-25-13-28/h1-2,5,8-9,11-14,29H,3-4,6-7,10H2. The molecule has 1 aliphatic carbocycles. The van der Waals surface area contributed by atoms with Crippen molar-refractivity contribution in [1.82, 2.24) is 19.7 Å². The number of benzene rings is 1. The number of hydrogen-bond donors (Lipinski definition) is 1. The van der Waals surface area contributed by atoms with E-state index in [0.29, 0.717) is 42.1 Å². The number of alkyl halides is 2. The van der Waals surface area contributed by atoms with Gasteiger partial charge in [0.2, 0.25) is 5.92 Å². The minimum absolute atomic E-state index is 0.0373. The molecule has 1 saturated carbocycles. The van der Waals surface area contributed by atoms with Gasteiger partial charge in [-0.25, -0.2) is 13.8 Å². The summed E-state index contributed by atoms with van der Waals surface area (Å²) >= 11 is 0. The van der Waals surface area contributed by atoms with E-state index in [1.807, 2.05) is 12.1 Å². The number of nitrogens with zero attached hydrogens (tertiary/aromatic N) is 4. The molecule has 0 saturated heterocycles. The third-order valence-electron chi connectivity index (χ3n) is 5.79. The topological polar surface area (TPSA) is 73.1 Å². The van der Waals surface area contributed by atoms with E-state index >= 15 is 0 Å². The molecule has 0 bridgehead atoms. The highest BCUT2D eigenvalue weighted by atomic mass is 19.3. The molecule has 8 heteroatoms. The van der Waals surface area contributed by atoms with E-state index in [4.69, 9.17) is 4.74 Å². The third kappa shape index (κ3) is 3.42. The zero-order valence-electron chi connectivity index (χ0n) is 16.1. The summed E-state index contributed by atoms with van der Waals surface area (Å²) in [6.45, 7) is 0.367. The summed E-state index contributed by atoms with van der Waals surface area (Å²) in [7, 11) is 0. The second kappa shape index (κ2) is 7.19. The van der Waals surface area contributed by atoms with Crippen LogP contribution in [0.5, 0.6) is 11.5 Å². The van der Waals surface area contributed by atoms with Crippen molar-refractivity contribution < 1.29 is 18.6 Å². The molecule has 1 N–H and O–H groups in total. The van der Waals surface area contributed by atoms with Crippen LogP contribution < -0.4 is 4.74 Å². The van der Waals surface area contributed by atoms with Gasteiger partial charge in [-0.05, 0) is 42.5 Å². The quantitative estimate of drug-likeness (QED) is 0.681. The van der Waals surface area contributed by atoms with Crippen LogP contribution in [-0.4, -0.2) is 37.4 Å². The average Bonchev–Trinajstić information content (AvgIpc) is 3.28. The Labute approximate surface area is 171 Å². The summed E-state index contributed by atoms with van der Waals surface area (Å²) in [5, 5.41) is 19.2. The highest BCUT2D eigenvalue weighted by molar-refractivity contribution is 5.75. The number of phenolic OH excluding ortho intramolecular Hbond substituents is 1. The van der Waals surface area contributed by atoms with E-state index in [1.54, 1.807) is 41.5 Å². The number of ether oxygens (including phenoxy) is 1. The first kappa shape index (κ1) is 18.7. The lowest BCUT2D eigenvalue weighted by Crippen LogP contribution is -2.26. The Morgan fingerprint density at radius 1 is 1.13 bits per heavy atom. The summed E-state index contributed by atoms with van der Waals surface area (Å²) in [4.78, 5) is 4.01. The van der Waals surface area contributed by atoms with Gasteiger partial charge in [0.15, 0.2) is 0 Å². The van der Waals surface area contributed by atoms with Gasteiger partial charge in [-0.15, -0.1) is 10.2 Å². The van der Waals surface area contributed by atoms with Crippen LogP contribution in [0.25, 0.3) is 22.5 Å². The Bertz CT molecular complexity index is 1100. The van der Waals surface area contributed by atoms with Crippen LogP contribution in [0, 0.1) is 5.92 Å². The predicted octanol–water partition coefficient (Wildman–Crippen LogP) is 4.64. The van der Waals surface area contributed by atoms with Gasteiger partial charge in [-0.3, -0.25) is 0 Å². The van der Waals surface area contributed by atoms with E-state index in [1.165, 1.54) is 0 Å². The predicted molar refractivity (Wildman–Crippen MR) is 107 cm³/mol. The fourth-order valence-corrected chi connectivity index (χ4v) is 4.15. The van der Waals surface area contributed by atoms with Gasteiger partial charge >= 0.3 is 0 Å². The average molecular weight is 410 g/mol. The molecule has 0 amide bonds. The van der Waals surface area contributed by atoms with Crippen molar-refractivity contribution in [2.24, 2.45) is 5.92 Å². The lowest BCUT2D eigenvalue weighted by atomic mass is 9.80. The van der Waals surface area contributed by atoms with Crippen LogP contribution in [-0.2, 0) is 0 Å². The van der Waals surface area contributed by atoms with Crippen molar-refractivity contribution in [3.8, 4) is 28.4 Å². The van der Waals surface area contributed by atoms with E-state index in [0.717, 1.165) is 11.3 Å². The van der Waals surface area contributed by atoms with Crippen molar-refractivity contribution in [3.05, 3.63) is 54.8 Å². The van der Waals surface area contributed by atoms with Crippen molar-refractivity contribution in [2.45, 2.75) is 31.6 Å². The lowest BCUT2D eigenvalue weighted by molar-refractivity contribution is -0.0402. The third-order valence-corrected chi connectivity index (χ3v) is 5.79. The smallest absolute Gasteiger partial charge is 0.248 e. The molecule has 1 aromatic carbocycles. The van der Waals surface area contributed by atoms with E-state index in [9.17, 15) is 13.9 Å². The lowest BCUT2D eigenvalue weighted by Gasteiger charge is -2.31. The largest absolute Gasteiger partial charge is 0.507 e. The van der Waals surface area contributed by atoms with Gasteiger partial charge in [-0.2, -0.15) is 0 Å².